The first-order chi connectivity index (χ1) is 8.66. The van der Waals surface area contributed by atoms with Crippen LogP contribution in [0.4, 0.5) is 4.39 Å². The van der Waals surface area contributed by atoms with Gasteiger partial charge in [0.15, 0.2) is 0 Å². The third-order valence-electron chi connectivity index (χ3n) is 2.98. The molecule has 0 aliphatic carbocycles. The van der Waals surface area contributed by atoms with Crippen molar-refractivity contribution in [1.82, 2.24) is 5.32 Å². The summed E-state index contributed by atoms with van der Waals surface area (Å²) in [5.41, 5.74) is 0.0786. The number of halogens is 2. The van der Waals surface area contributed by atoms with Gasteiger partial charge in [0.2, 0.25) is 0 Å². The monoisotopic (exact) mass is 315 g/mol. The summed E-state index contributed by atoms with van der Waals surface area (Å²) in [4.78, 5) is 11.8. The number of rotatable bonds is 3. The van der Waals surface area contributed by atoms with Crippen LogP contribution in [0, 0.1) is 11.7 Å². The average Bonchev–Trinajstić information content (AvgIpc) is 2.37. The molecule has 1 saturated heterocycles. The van der Waals surface area contributed by atoms with E-state index in [2.05, 4.69) is 21.2 Å². The summed E-state index contributed by atoms with van der Waals surface area (Å²) in [5, 5.41) is 2.75. The van der Waals surface area contributed by atoms with Gasteiger partial charge in [-0.3, -0.25) is 4.79 Å². The van der Waals surface area contributed by atoms with Gasteiger partial charge in [0.05, 0.1) is 12.2 Å². The average molecular weight is 316 g/mol. The number of hydrogen-bond donors (Lipinski definition) is 1. The smallest absolute Gasteiger partial charge is 0.254 e. The molecule has 0 saturated carbocycles. The van der Waals surface area contributed by atoms with Crippen molar-refractivity contribution in [2.75, 3.05) is 19.8 Å². The van der Waals surface area contributed by atoms with E-state index in [-0.39, 0.29) is 11.5 Å². The molecule has 1 amide bonds. The molecule has 1 aliphatic heterocycles. The molecule has 0 radical (unpaired) electrons. The lowest BCUT2D eigenvalue weighted by molar-refractivity contribution is 0.0536. The summed E-state index contributed by atoms with van der Waals surface area (Å²) >= 11 is 3.16. The van der Waals surface area contributed by atoms with Gasteiger partial charge in [-0.1, -0.05) is 15.9 Å². The number of hydrogen-bond acceptors (Lipinski definition) is 2. The lowest BCUT2D eigenvalue weighted by Gasteiger charge is -2.22. The molecule has 1 fully saturated rings. The van der Waals surface area contributed by atoms with Crippen molar-refractivity contribution in [3.8, 4) is 0 Å². The maximum absolute atomic E-state index is 13.6. The van der Waals surface area contributed by atoms with Crippen LogP contribution >= 0.6 is 15.9 Å². The fourth-order valence-electron chi connectivity index (χ4n) is 1.97. The van der Waals surface area contributed by atoms with Crippen molar-refractivity contribution in [3.05, 3.63) is 34.1 Å². The van der Waals surface area contributed by atoms with E-state index in [4.69, 9.17) is 4.74 Å². The van der Waals surface area contributed by atoms with Crippen LogP contribution in [0.1, 0.15) is 23.2 Å². The van der Waals surface area contributed by atoms with Crippen molar-refractivity contribution in [1.29, 1.82) is 0 Å². The van der Waals surface area contributed by atoms with Crippen molar-refractivity contribution in [2.45, 2.75) is 12.8 Å². The molecule has 2 rings (SSSR count). The fourth-order valence-corrected chi connectivity index (χ4v) is 2.31. The summed E-state index contributed by atoms with van der Waals surface area (Å²) in [6.07, 6.45) is 2.07. The van der Waals surface area contributed by atoms with E-state index in [0.717, 1.165) is 19.4 Å². The Morgan fingerprint density at radius 3 is 3.06 bits per heavy atom. The second-order valence-corrected chi connectivity index (χ2v) is 5.33. The fraction of sp³-hybridized carbons (Fsp3) is 0.462. The number of benzene rings is 1. The lowest BCUT2D eigenvalue weighted by atomic mass is 10.0. The van der Waals surface area contributed by atoms with Crippen LogP contribution < -0.4 is 5.32 Å². The van der Waals surface area contributed by atoms with E-state index in [1.807, 2.05) is 0 Å². The van der Waals surface area contributed by atoms with E-state index in [1.54, 1.807) is 6.07 Å². The van der Waals surface area contributed by atoms with E-state index in [1.165, 1.54) is 12.1 Å². The Hall–Kier alpha value is -0.940. The molecular weight excluding hydrogens is 301 g/mol. The minimum Gasteiger partial charge on any atom is -0.381 e. The molecular formula is C13H15BrFNO2. The molecule has 18 heavy (non-hydrogen) atoms. The number of amides is 1. The minimum atomic E-state index is -0.512. The maximum Gasteiger partial charge on any atom is 0.254 e. The summed E-state index contributed by atoms with van der Waals surface area (Å²) in [6, 6.07) is 4.42. The Morgan fingerprint density at radius 2 is 2.39 bits per heavy atom. The normalized spacial score (nSPS) is 19.6. The van der Waals surface area contributed by atoms with Crippen molar-refractivity contribution >= 4 is 21.8 Å². The Bertz CT molecular complexity index is 433. The van der Waals surface area contributed by atoms with Crippen LogP contribution in [0.5, 0.6) is 0 Å². The van der Waals surface area contributed by atoms with Gasteiger partial charge in [0.1, 0.15) is 5.82 Å². The van der Waals surface area contributed by atoms with E-state index < -0.39 is 5.82 Å². The number of ether oxygens (including phenoxy) is 1. The molecule has 1 heterocycles. The predicted molar refractivity (Wildman–Crippen MR) is 70.0 cm³/mol. The quantitative estimate of drug-likeness (QED) is 0.931. The number of carbonyl (C=O) groups excluding carboxylic acids is 1. The third-order valence-corrected chi connectivity index (χ3v) is 3.47. The highest BCUT2D eigenvalue weighted by atomic mass is 79.9. The standard InChI is InChI=1S/C13H15BrFNO2/c14-10-3-4-11(12(15)6-10)13(17)16-7-9-2-1-5-18-8-9/h3-4,6,9H,1-2,5,7-8H2,(H,16,17). The predicted octanol–water partition coefficient (Wildman–Crippen LogP) is 2.74. The zero-order chi connectivity index (χ0) is 13.0. The maximum atomic E-state index is 13.6. The highest BCUT2D eigenvalue weighted by Gasteiger charge is 2.17. The molecule has 1 aromatic rings. The Morgan fingerprint density at radius 1 is 1.56 bits per heavy atom. The van der Waals surface area contributed by atoms with Crippen LogP contribution in [-0.2, 0) is 4.74 Å². The Kier molecular flexibility index (Phi) is 4.72. The van der Waals surface area contributed by atoms with Crippen LogP contribution in [0.3, 0.4) is 0 Å². The van der Waals surface area contributed by atoms with Crippen LogP contribution in [0.25, 0.3) is 0 Å². The first kappa shape index (κ1) is 13.5. The summed E-state index contributed by atoms with van der Waals surface area (Å²) < 4.78 is 19.5. The zero-order valence-corrected chi connectivity index (χ0v) is 11.5. The van der Waals surface area contributed by atoms with Gasteiger partial charge in [-0.2, -0.15) is 0 Å². The van der Waals surface area contributed by atoms with Crippen LogP contribution in [-0.4, -0.2) is 25.7 Å². The van der Waals surface area contributed by atoms with Crippen molar-refractivity contribution in [3.63, 3.8) is 0 Å². The van der Waals surface area contributed by atoms with Gasteiger partial charge in [-0.05, 0) is 37.0 Å². The van der Waals surface area contributed by atoms with E-state index in [0.29, 0.717) is 23.5 Å². The Balaban J connectivity index is 1.90. The SMILES string of the molecule is O=C(NCC1CCCOC1)c1ccc(Br)cc1F. The molecule has 3 nitrogen and oxygen atoms in total. The molecule has 5 heteroatoms. The summed E-state index contributed by atoms with van der Waals surface area (Å²) in [6.45, 7) is 2.00. The zero-order valence-electron chi connectivity index (χ0n) is 9.92. The van der Waals surface area contributed by atoms with E-state index >= 15 is 0 Å². The minimum absolute atomic E-state index is 0.0786. The van der Waals surface area contributed by atoms with Crippen molar-refractivity contribution in [2.24, 2.45) is 5.92 Å². The van der Waals surface area contributed by atoms with E-state index in [9.17, 15) is 9.18 Å². The molecule has 1 N–H and O–H groups in total. The molecule has 1 aliphatic rings. The van der Waals surface area contributed by atoms with Gasteiger partial charge in [0, 0.05) is 17.6 Å². The summed E-state index contributed by atoms with van der Waals surface area (Å²) in [7, 11) is 0. The molecule has 0 bridgehead atoms. The van der Waals surface area contributed by atoms with Gasteiger partial charge >= 0.3 is 0 Å². The molecule has 1 atom stereocenters. The molecule has 98 valence electrons. The van der Waals surface area contributed by atoms with Gasteiger partial charge in [-0.25, -0.2) is 4.39 Å². The van der Waals surface area contributed by atoms with Gasteiger partial charge < -0.3 is 10.1 Å². The highest BCUT2D eigenvalue weighted by Crippen LogP contribution is 2.16. The first-order valence-electron chi connectivity index (χ1n) is 5.98. The third kappa shape index (κ3) is 3.53. The number of carbonyl (C=O) groups is 1. The van der Waals surface area contributed by atoms with Gasteiger partial charge in [0.25, 0.3) is 5.91 Å². The summed E-state index contributed by atoms with van der Waals surface area (Å²) in [5.74, 6) is -0.548. The Labute approximate surface area is 114 Å². The van der Waals surface area contributed by atoms with Crippen LogP contribution in [0.2, 0.25) is 0 Å². The molecule has 0 aromatic heterocycles. The topological polar surface area (TPSA) is 38.3 Å². The van der Waals surface area contributed by atoms with Crippen LogP contribution in [0.15, 0.2) is 22.7 Å². The lowest BCUT2D eigenvalue weighted by Crippen LogP contribution is -2.33. The highest BCUT2D eigenvalue weighted by molar-refractivity contribution is 9.10. The molecule has 0 spiro atoms. The van der Waals surface area contributed by atoms with Gasteiger partial charge in [-0.15, -0.1) is 0 Å². The molecule has 1 unspecified atom stereocenters. The first-order valence-corrected chi connectivity index (χ1v) is 6.77. The largest absolute Gasteiger partial charge is 0.381 e. The second-order valence-electron chi connectivity index (χ2n) is 4.42. The molecule has 1 aromatic carbocycles. The van der Waals surface area contributed by atoms with Crippen molar-refractivity contribution < 1.29 is 13.9 Å². The number of nitrogens with one attached hydrogen (secondary N) is 1. The second kappa shape index (κ2) is 6.29.